The van der Waals surface area contributed by atoms with Gasteiger partial charge >= 0.3 is 5.97 Å². The van der Waals surface area contributed by atoms with Crippen molar-refractivity contribution in [3.8, 4) is 0 Å². The van der Waals surface area contributed by atoms with Gasteiger partial charge in [-0.15, -0.1) is 0 Å². The van der Waals surface area contributed by atoms with E-state index in [2.05, 4.69) is 10.3 Å². The fourth-order valence-electron chi connectivity index (χ4n) is 5.30. The van der Waals surface area contributed by atoms with Crippen LogP contribution in [0.1, 0.15) is 50.4 Å². The molecule has 9 heteroatoms. The summed E-state index contributed by atoms with van der Waals surface area (Å²) >= 11 is 6.27. The molecule has 0 aliphatic carbocycles. The first-order valence-electron chi connectivity index (χ1n) is 11.4. The van der Waals surface area contributed by atoms with Crippen molar-refractivity contribution in [2.75, 3.05) is 13.1 Å². The lowest BCUT2D eigenvalue weighted by Gasteiger charge is -2.33. The summed E-state index contributed by atoms with van der Waals surface area (Å²) in [4.78, 5) is 31.1. The highest BCUT2D eigenvalue weighted by atomic mass is 35.5. The van der Waals surface area contributed by atoms with Gasteiger partial charge in [0.25, 0.3) is 0 Å². The Morgan fingerprint density at radius 3 is 2.80 bits per heavy atom. The number of fused-ring (bicyclic) bond motifs is 3. The van der Waals surface area contributed by atoms with Gasteiger partial charge in [-0.05, 0) is 31.3 Å². The van der Waals surface area contributed by atoms with Crippen molar-refractivity contribution >= 4 is 34.3 Å². The summed E-state index contributed by atoms with van der Waals surface area (Å²) in [5, 5.41) is 4.40. The zero-order chi connectivity index (χ0) is 24.3. The van der Waals surface area contributed by atoms with Crippen LogP contribution >= 0.6 is 11.6 Å². The number of aromatic nitrogens is 3. The van der Waals surface area contributed by atoms with Crippen LogP contribution in [0.2, 0.25) is 5.02 Å². The number of rotatable bonds is 4. The van der Waals surface area contributed by atoms with E-state index in [0.29, 0.717) is 54.0 Å². The van der Waals surface area contributed by atoms with Gasteiger partial charge in [0.2, 0.25) is 0 Å². The molecule has 0 unspecified atom stereocenters. The number of nitrogens with one attached hydrogen (secondary N) is 1. The molecule has 178 valence electrons. The minimum absolute atomic E-state index is 0.0402. The Morgan fingerprint density at radius 2 is 2.06 bits per heavy atom. The van der Waals surface area contributed by atoms with Gasteiger partial charge in [0.1, 0.15) is 11.4 Å². The zero-order valence-corrected chi connectivity index (χ0v) is 19.7. The number of ether oxygens (including phenoxy) is 1. The van der Waals surface area contributed by atoms with Crippen LogP contribution in [0.5, 0.6) is 0 Å². The molecular formula is C26H22ClFN4O3. The van der Waals surface area contributed by atoms with Crippen LogP contribution in [0.25, 0.3) is 10.9 Å². The fraction of sp³-hybridized carbons (Fsp3) is 0.269. The van der Waals surface area contributed by atoms with Gasteiger partial charge in [-0.2, -0.15) is 0 Å². The largest absolute Gasteiger partial charge is 0.450 e. The predicted molar refractivity (Wildman–Crippen MR) is 128 cm³/mol. The highest BCUT2D eigenvalue weighted by Crippen LogP contribution is 2.45. The summed E-state index contributed by atoms with van der Waals surface area (Å²) in [6, 6.07) is 8.07. The highest BCUT2D eigenvalue weighted by Gasteiger charge is 2.48. The van der Waals surface area contributed by atoms with Crippen LogP contribution in [0, 0.1) is 5.82 Å². The molecule has 7 nitrogen and oxygen atoms in total. The molecule has 0 radical (unpaired) electrons. The first kappa shape index (κ1) is 22.0. The van der Waals surface area contributed by atoms with Crippen molar-refractivity contribution in [2.24, 2.45) is 7.05 Å². The average molecular weight is 493 g/mol. The maximum absolute atomic E-state index is 15.3. The van der Waals surface area contributed by atoms with Gasteiger partial charge in [-0.25, -0.2) is 14.2 Å². The number of ketones is 1. The van der Waals surface area contributed by atoms with E-state index in [1.165, 1.54) is 6.07 Å². The average Bonchev–Trinajstić information content (AvgIpc) is 3.49. The van der Waals surface area contributed by atoms with Crippen molar-refractivity contribution in [1.82, 2.24) is 19.4 Å². The van der Waals surface area contributed by atoms with Crippen molar-refractivity contribution in [2.45, 2.75) is 25.0 Å². The quantitative estimate of drug-likeness (QED) is 0.341. The van der Waals surface area contributed by atoms with E-state index in [0.717, 1.165) is 11.2 Å². The Labute approximate surface area is 205 Å². The predicted octanol–water partition coefficient (Wildman–Crippen LogP) is 4.20. The van der Waals surface area contributed by atoms with Crippen molar-refractivity contribution in [3.05, 3.63) is 87.8 Å². The first-order valence-corrected chi connectivity index (χ1v) is 11.8. The molecule has 0 atom stereocenters. The van der Waals surface area contributed by atoms with E-state index in [4.69, 9.17) is 16.3 Å². The minimum atomic E-state index is -0.818. The Balaban J connectivity index is 1.51. The molecule has 1 spiro atoms. The fourth-order valence-corrected chi connectivity index (χ4v) is 5.47. The Hall–Kier alpha value is -3.49. The summed E-state index contributed by atoms with van der Waals surface area (Å²) in [5.74, 6) is -1.94. The van der Waals surface area contributed by atoms with E-state index in [1.807, 2.05) is 16.2 Å². The van der Waals surface area contributed by atoms with Crippen LogP contribution in [0.4, 0.5) is 4.39 Å². The number of carbonyl (C=O) groups excluding carboxylic acids is 2. The maximum Gasteiger partial charge on any atom is 0.340 e. The van der Waals surface area contributed by atoms with Gasteiger partial charge < -0.3 is 19.2 Å². The van der Waals surface area contributed by atoms with E-state index < -0.39 is 23.2 Å². The third kappa shape index (κ3) is 3.39. The van der Waals surface area contributed by atoms with Crippen molar-refractivity contribution < 1.29 is 18.7 Å². The molecule has 4 aromatic rings. The summed E-state index contributed by atoms with van der Waals surface area (Å²) in [7, 11) is 1.89. The topological polar surface area (TPSA) is 78.2 Å². The summed E-state index contributed by atoms with van der Waals surface area (Å²) in [6.45, 7) is 1.79. The second-order valence-corrected chi connectivity index (χ2v) is 9.57. The number of benzene rings is 2. The minimum Gasteiger partial charge on any atom is -0.450 e. The Bertz CT molecular complexity index is 1520. The SMILES string of the molecule is Cn1cncc1Cn1cc(C(=O)c2c(F)ccc3c2C(=O)OC32CCNCC2)c2ccc(Cl)cc21. The van der Waals surface area contributed by atoms with Gasteiger partial charge in [-0.1, -0.05) is 23.7 Å². The number of esters is 1. The molecule has 2 aromatic heterocycles. The third-order valence-electron chi connectivity index (χ3n) is 7.11. The van der Waals surface area contributed by atoms with E-state index in [-0.39, 0.29) is 11.1 Å². The summed E-state index contributed by atoms with van der Waals surface area (Å²) < 4.78 is 24.8. The lowest BCUT2D eigenvalue weighted by atomic mass is 9.82. The molecule has 6 rings (SSSR count). The normalized spacial score (nSPS) is 16.6. The second-order valence-electron chi connectivity index (χ2n) is 9.14. The van der Waals surface area contributed by atoms with Crippen LogP contribution in [-0.2, 0) is 23.9 Å². The smallest absolute Gasteiger partial charge is 0.340 e. The van der Waals surface area contributed by atoms with E-state index in [9.17, 15) is 9.59 Å². The number of hydrogen-bond donors (Lipinski definition) is 1. The zero-order valence-electron chi connectivity index (χ0n) is 19.0. The van der Waals surface area contributed by atoms with E-state index in [1.54, 1.807) is 43.0 Å². The number of piperidine rings is 1. The molecule has 0 bridgehead atoms. The number of carbonyl (C=O) groups is 2. The number of hydrogen-bond acceptors (Lipinski definition) is 5. The second kappa shape index (κ2) is 8.03. The number of nitrogens with zero attached hydrogens (tertiary/aromatic N) is 3. The number of halogens is 2. The third-order valence-corrected chi connectivity index (χ3v) is 7.35. The summed E-state index contributed by atoms with van der Waals surface area (Å²) in [5.41, 5.74) is 1.52. The van der Waals surface area contributed by atoms with Gasteiger partial charge in [0.15, 0.2) is 5.78 Å². The van der Waals surface area contributed by atoms with Crippen LogP contribution in [0.15, 0.2) is 49.1 Å². The molecular weight excluding hydrogens is 471 g/mol. The molecule has 0 saturated carbocycles. The molecule has 2 aliphatic heterocycles. The molecule has 2 aliphatic rings. The van der Waals surface area contributed by atoms with Gasteiger partial charge in [0, 0.05) is 53.8 Å². The molecule has 1 fully saturated rings. The standard InChI is InChI=1S/C26H22ClFN4O3/c1-31-14-30-11-16(31)12-32-13-18(17-3-2-15(27)10-21(17)32)24(33)23-20(28)5-4-19-22(23)25(34)35-26(19)6-8-29-9-7-26/h2-5,10-11,13-14,29H,6-9,12H2,1H3. The molecule has 1 saturated heterocycles. The monoisotopic (exact) mass is 492 g/mol. The Kier molecular flexibility index (Phi) is 5.05. The highest BCUT2D eigenvalue weighted by molar-refractivity contribution is 6.31. The molecule has 2 aromatic carbocycles. The molecule has 4 heterocycles. The van der Waals surface area contributed by atoms with Crippen molar-refractivity contribution in [3.63, 3.8) is 0 Å². The molecule has 1 N–H and O–H groups in total. The summed E-state index contributed by atoms with van der Waals surface area (Å²) in [6.07, 6.45) is 6.29. The molecule has 35 heavy (non-hydrogen) atoms. The van der Waals surface area contributed by atoms with Crippen molar-refractivity contribution in [1.29, 1.82) is 0 Å². The first-order chi connectivity index (χ1) is 16.9. The Morgan fingerprint density at radius 1 is 1.26 bits per heavy atom. The number of aryl methyl sites for hydroxylation is 1. The maximum atomic E-state index is 15.3. The lowest BCUT2D eigenvalue weighted by molar-refractivity contribution is -0.0242. The van der Waals surface area contributed by atoms with Crippen LogP contribution in [-0.4, -0.2) is 39.0 Å². The molecule has 0 amide bonds. The van der Waals surface area contributed by atoms with Crippen LogP contribution in [0.3, 0.4) is 0 Å². The number of imidazole rings is 1. The van der Waals surface area contributed by atoms with Gasteiger partial charge in [-0.3, -0.25) is 4.79 Å². The lowest BCUT2D eigenvalue weighted by Crippen LogP contribution is -2.40. The van der Waals surface area contributed by atoms with E-state index >= 15 is 4.39 Å². The van der Waals surface area contributed by atoms with Crippen LogP contribution < -0.4 is 5.32 Å². The van der Waals surface area contributed by atoms with Gasteiger partial charge in [0.05, 0.1) is 35.2 Å².